The lowest BCUT2D eigenvalue weighted by atomic mass is 9.53. The average Bonchev–Trinajstić information content (AvgIpc) is 3.01. The SMILES string of the molecule is COC(=O)[C@]1(C)C2=CCCC3(OCCO3)[C@@]2(C)CC[C@@H]1OC(C)=O. The summed E-state index contributed by atoms with van der Waals surface area (Å²) in [5.41, 5.74) is -0.565. The molecule has 2 fully saturated rings. The minimum atomic E-state index is -1.03. The first kappa shape index (κ1) is 17.4. The fourth-order valence-electron chi connectivity index (χ4n) is 4.85. The van der Waals surface area contributed by atoms with E-state index in [9.17, 15) is 9.59 Å². The molecule has 0 amide bonds. The molecule has 3 aliphatic rings. The smallest absolute Gasteiger partial charge is 0.319 e. The summed E-state index contributed by atoms with van der Waals surface area (Å²) in [5, 5.41) is 0. The molecule has 1 spiro atoms. The van der Waals surface area contributed by atoms with Crippen LogP contribution in [-0.4, -0.2) is 44.2 Å². The molecule has 0 aromatic heterocycles. The summed E-state index contributed by atoms with van der Waals surface area (Å²) in [6.45, 7) is 6.39. The van der Waals surface area contributed by atoms with Gasteiger partial charge in [0.05, 0.1) is 20.3 Å². The largest absolute Gasteiger partial charge is 0.468 e. The number of methoxy groups -OCH3 is 1. The van der Waals surface area contributed by atoms with Gasteiger partial charge in [0.25, 0.3) is 0 Å². The fraction of sp³-hybridized carbons (Fsp3) is 0.778. The lowest BCUT2D eigenvalue weighted by molar-refractivity contribution is -0.246. The second kappa shape index (κ2) is 5.85. The van der Waals surface area contributed by atoms with Crippen LogP contribution in [0.1, 0.15) is 46.5 Å². The minimum absolute atomic E-state index is 0.388. The lowest BCUT2D eigenvalue weighted by Crippen LogP contribution is -2.61. The molecular weight excluding hydrogens is 312 g/mol. The molecule has 1 saturated carbocycles. The van der Waals surface area contributed by atoms with E-state index in [1.165, 1.54) is 14.0 Å². The third-order valence-electron chi connectivity index (χ3n) is 6.04. The van der Waals surface area contributed by atoms with Gasteiger partial charge in [-0.1, -0.05) is 13.0 Å². The predicted octanol–water partition coefficient (Wildman–Crippen LogP) is 2.36. The summed E-state index contributed by atoms with van der Waals surface area (Å²) in [6, 6.07) is 0. The maximum atomic E-state index is 12.7. The number of carbonyl (C=O) groups is 2. The van der Waals surface area contributed by atoms with Crippen molar-refractivity contribution in [2.24, 2.45) is 10.8 Å². The Morgan fingerprint density at radius 1 is 1.21 bits per heavy atom. The number of fused-ring (bicyclic) bond motifs is 2. The van der Waals surface area contributed by atoms with Crippen molar-refractivity contribution in [3.63, 3.8) is 0 Å². The van der Waals surface area contributed by atoms with Crippen LogP contribution in [0.4, 0.5) is 0 Å². The summed E-state index contributed by atoms with van der Waals surface area (Å²) in [5.74, 6) is -1.48. The Kier molecular flexibility index (Phi) is 4.24. The van der Waals surface area contributed by atoms with Crippen molar-refractivity contribution in [3.8, 4) is 0 Å². The summed E-state index contributed by atoms with van der Waals surface area (Å²) in [6.07, 6.45) is 4.35. The molecule has 6 nitrogen and oxygen atoms in total. The highest BCUT2D eigenvalue weighted by molar-refractivity contribution is 5.82. The second-order valence-electron chi connectivity index (χ2n) is 7.27. The summed E-state index contributed by atoms with van der Waals surface area (Å²) in [4.78, 5) is 24.3. The molecule has 0 N–H and O–H groups in total. The lowest BCUT2D eigenvalue weighted by Gasteiger charge is -2.57. The van der Waals surface area contributed by atoms with E-state index in [2.05, 4.69) is 13.0 Å². The number of ether oxygens (including phenoxy) is 4. The molecule has 0 bridgehead atoms. The van der Waals surface area contributed by atoms with Gasteiger partial charge in [0.1, 0.15) is 11.5 Å². The van der Waals surface area contributed by atoms with E-state index in [1.54, 1.807) is 0 Å². The normalized spacial score (nSPS) is 37.5. The molecular formula is C18H26O6. The zero-order valence-corrected chi connectivity index (χ0v) is 14.8. The van der Waals surface area contributed by atoms with Crippen LogP contribution >= 0.6 is 0 Å². The van der Waals surface area contributed by atoms with Gasteiger partial charge >= 0.3 is 11.9 Å². The van der Waals surface area contributed by atoms with Crippen molar-refractivity contribution >= 4 is 11.9 Å². The molecule has 24 heavy (non-hydrogen) atoms. The molecule has 1 aliphatic heterocycles. The molecule has 3 rings (SSSR count). The Hall–Kier alpha value is -1.40. The molecule has 134 valence electrons. The van der Waals surface area contributed by atoms with Crippen LogP contribution in [0, 0.1) is 10.8 Å². The van der Waals surface area contributed by atoms with Gasteiger partial charge in [-0.3, -0.25) is 9.59 Å². The van der Waals surface area contributed by atoms with Crippen LogP contribution in [0.15, 0.2) is 11.6 Å². The van der Waals surface area contributed by atoms with Gasteiger partial charge in [-0.15, -0.1) is 0 Å². The fourth-order valence-corrected chi connectivity index (χ4v) is 4.85. The molecule has 2 aliphatic carbocycles. The monoisotopic (exact) mass is 338 g/mol. The van der Waals surface area contributed by atoms with E-state index in [-0.39, 0.29) is 5.97 Å². The summed E-state index contributed by atoms with van der Waals surface area (Å²) < 4.78 is 22.7. The number of allylic oxidation sites excluding steroid dienone is 1. The Morgan fingerprint density at radius 2 is 1.88 bits per heavy atom. The first-order valence-electron chi connectivity index (χ1n) is 8.55. The molecule has 1 heterocycles. The van der Waals surface area contributed by atoms with Gasteiger partial charge < -0.3 is 18.9 Å². The average molecular weight is 338 g/mol. The molecule has 0 aromatic carbocycles. The van der Waals surface area contributed by atoms with Crippen LogP contribution in [0.5, 0.6) is 0 Å². The van der Waals surface area contributed by atoms with Gasteiger partial charge in [-0.05, 0) is 31.8 Å². The van der Waals surface area contributed by atoms with Crippen molar-refractivity contribution in [1.82, 2.24) is 0 Å². The van der Waals surface area contributed by atoms with Crippen LogP contribution in [0.25, 0.3) is 0 Å². The summed E-state index contributed by atoms with van der Waals surface area (Å²) in [7, 11) is 1.37. The quantitative estimate of drug-likeness (QED) is 0.569. The van der Waals surface area contributed by atoms with Crippen molar-refractivity contribution in [3.05, 3.63) is 11.6 Å². The van der Waals surface area contributed by atoms with E-state index in [1.807, 2.05) is 6.92 Å². The van der Waals surface area contributed by atoms with Crippen molar-refractivity contribution in [2.45, 2.75) is 58.3 Å². The number of hydrogen-bond acceptors (Lipinski definition) is 6. The topological polar surface area (TPSA) is 71.1 Å². The number of esters is 2. The van der Waals surface area contributed by atoms with Crippen LogP contribution in [0.2, 0.25) is 0 Å². The molecule has 0 unspecified atom stereocenters. The van der Waals surface area contributed by atoms with Crippen molar-refractivity contribution in [2.75, 3.05) is 20.3 Å². The Labute approximate surface area is 142 Å². The van der Waals surface area contributed by atoms with Gasteiger partial charge in [-0.25, -0.2) is 0 Å². The van der Waals surface area contributed by atoms with Crippen molar-refractivity contribution < 1.29 is 28.5 Å². The van der Waals surface area contributed by atoms with Gasteiger partial charge in [0.2, 0.25) is 0 Å². The Bertz CT molecular complexity index is 576. The van der Waals surface area contributed by atoms with Gasteiger partial charge in [-0.2, -0.15) is 0 Å². The number of hydrogen-bond donors (Lipinski definition) is 0. The van der Waals surface area contributed by atoms with Crippen LogP contribution in [-0.2, 0) is 28.5 Å². The zero-order chi connectivity index (χ0) is 17.6. The first-order chi connectivity index (χ1) is 11.3. The van der Waals surface area contributed by atoms with Gasteiger partial charge in [0.15, 0.2) is 5.79 Å². The molecule has 1 saturated heterocycles. The predicted molar refractivity (Wildman–Crippen MR) is 85.0 cm³/mol. The number of carbonyl (C=O) groups excluding carboxylic acids is 2. The van der Waals surface area contributed by atoms with E-state index < -0.39 is 28.7 Å². The van der Waals surface area contributed by atoms with E-state index >= 15 is 0 Å². The number of rotatable bonds is 2. The van der Waals surface area contributed by atoms with Crippen LogP contribution < -0.4 is 0 Å². The second-order valence-corrected chi connectivity index (χ2v) is 7.27. The first-order valence-corrected chi connectivity index (χ1v) is 8.55. The third-order valence-corrected chi connectivity index (χ3v) is 6.04. The highest BCUT2D eigenvalue weighted by Crippen LogP contribution is 2.62. The molecule has 0 radical (unpaired) electrons. The van der Waals surface area contributed by atoms with E-state index in [0.29, 0.717) is 19.6 Å². The molecule has 0 aromatic rings. The Morgan fingerprint density at radius 3 is 2.46 bits per heavy atom. The van der Waals surface area contributed by atoms with Gasteiger partial charge in [0, 0.05) is 18.8 Å². The molecule has 6 heteroatoms. The standard InChI is InChI=1S/C18H26O6/c1-12(19)24-14-7-9-16(2)13(17(14,3)15(20)21-4)6-5-8-18(16)22-10-11-23-18/h6,14H,5,7-11H2,1-4H3/t14-,16-,17+/m0/s1. The highest BCUT2D eigenvalue weighted by Gasteiger charge is 2.65. The van der Waals surface area contributed by atoms with Crippen molar-refractivity contribution in [1.29, 1.82) is 0 Å². The van der Waals surface area contributed by atoms with Crippen LogP contribution in [0.3, 0.4) is 0 Å². The minimum Gasteiger partial charge on any atom is -0.468 e. The highest BCUT2D eigenvalue weighted by atomic mass is 16.7. The summed E-state index contributed by atoms with van der Waals surface area (Å²) >= 11 is 0. The Balaban J connectivity index is 2.08. The van der Waals surface area contributed by atoms with E-state index in [4.69, 9.17) is 18.9 Å². The third kappa shape index (κ3) is 2.23. The maximum Gasteiger partial charge on any atom is 0.319 e. The zero-order valence-electron chi connectivity index (χ0n) is 14.8. The molecule has 3 atom stereocenters. The maximum absolute atomic E-state index is 12.7. The van der Waals surface area contributed by atoms with E-state index in [0.717, 1.165) is 24.8 Å².